The molecule has 0 amide bonds. The van der Waals surface area contributed by atoms with E-state index in [2.05, 4.69) is 0 Å². The lowest BCUT2D eigenvalue weighted by atomic mass is 10.1. The van der Waals surface area contributed by atoms with Crippen LogP contribution in [0.5, 0.6) is 0 Å². The van der Waals surface area contributed by atoms with Crippen molar-refractivity contribution in [1.82, 2.24) is 0 Å². The van der Waals surface area contributed by atoms with Crippen LogP contribution in [0.25, 0.3) is 0 Å². The van der Waals surface area contributed by atoms with Crippen LogP contribution in [-0.4, -0.2) is 11.7 Å². The van der Waals surface area contributed by atoms with Gasteiger partial charge in [0, 0.05) is 13.0 Å². The summed E-state index contributed by atoms with van der Waals surface area (Å²) in [4.78, 5) is 4.76. The Morgan fingerprint density at radius 2 is 2.00 bits per heavy atom. The zero-order valence-corrected chi connectivity index (χ0v) is 7.73. The average Bonchev–Trinajstić information content (AvgIpc) is 2.16. The van der Waals surface area contributed by atoms with Crippen molar-refractivity contribution in [3.05, 3.63) is 35.4 Å². The molecule has 0 saturated heterocycles. The summed E-state index contributed by atoms with van der Waals surface area (Å²) in [5.74, 6) is 5.12. The first-order chi connectivity index (χ1) is 6.27. The Hall–Kier alpha value is -0.900. The Morgan fingerprint density at radius 3 is 2.46 bits per heavy atom. The van der Waals surface area contributed by atoms with Crippen molar-refractivity contribution < 1.29 is 9.94 Å². The third-order valence-corrected chi connectivity index (χ3v) is 2.00. The van der Waals surface area contributed by atoms with Crippen LogP contribution in [0.1, 0.15) is 23.7 Å². The molecule has 1 aromatic rings. The summed E-state index contributed by atoms with van der Waals surface area (Å²) in [5.41, 5.74) is 2.20. The quantitative estimate of drug-likeness (QED) is 0.688. The first kappa shape index (κ1) is 10.2. The second-order valence-corrected chi connectivity index (χ2v) is 3.05. The molecule has 0 saturated carbocycles. The van der Waals surface area contributed by atoms with E-state index in [0.29, 0.717) is 6.42 Å². The fourth-order valence-electron chi connectivity index (χ4n) is 1.21. The molecule has 1 rings (SSSR count). The van der Waals surface area contributed by atoms with Crippen LogP contribution in [0.3, 0.4) is 0 Å². The van der Waals surface area contributed by atoms with Gasteiger partial charge < -0.3 is 5.11 Å². The van der Waals surface area contributed by atoms with Gasteiger partial charge in [-0.15, -0.1) is 0 Å². The van der Waals surface area contributed by atoms with Gasteiger partial charge in [0.15, 0.2) is 0 Å². The van der Waals surface area contributed by atoms with Gasteiger partial charge in [0.2, 0.25) is 0 Å². The number of aryl methyl sites for hydroxylation is 1. The summed E-state index contributed by atoms with van der Waals surface area (Å²) in [6, 6.07) is 7.92. The lowest BCUT2D eigenvalue weighted by Crippen LogP contribution is -2.10. The van der Waals surface area contributed by atoms with Crippen molar-refractivity contribution in [2.75, 3.05) is 6.61 Å². The first-order valence-corrected chi connectivity index (χ1v) is 4.31. The Morgan fingerprint density at radius 1 is 1.38 bits per heavy atom. The van der Waals surface area contributed by atoms with Crippen LogP contribution in [-0.2, 0) is 4.84 Å². The minimum atomic E-state index is -0.203. The van der Waals surface area contributed by atoms with E-state index in [0.717, 1.165) is 5.56 Å². The van der Waals surface area contributed by atoms with Crippen LogP contribution in [0.2, 0.25) is 0 Å². The molecule has 1 aromatic carbocycles. The summed E-state index contributed by atoms with van der Waals surface area (Å²) in [6.07, 6.45) is 0.324. The molecule has 0 aliphatic carbocycles. The second-order valence-electron chi connectivity index (χ2n) is 3.05. The summed E-state index contributed by atoms with van der Waals surface area (Å²) in [6.45, 7) is 2.10. The van der Waals surface area contributed by atoms with Gasteiger partial charge >= 0.3 is 0 Å². The third-order valence-electron chi connectivity index (χ3n) is 2.00. The highest BCUT2D eigenvalue weighted by Gasteiger charge is 2.09. The minimum absolute atomic E-state index is 0.0791. The summed E-state index contributed by atoms with van der Waals surface area (Å²) < 4.78 is 0. The van der Waals surface area contributed by atoms with Gasteiger partial charge in [-0.3, -0.25) is 4.84 Å². The highest BCUT2D eigenvalue weighted by molar-refractivity contribution is 5.23. The number of aliphatic hydroxyl groups excluding tert-OH is 1. The number of benzene rings is 1. The van der Waals surface area contributed by atoms with Crippen molar-refractivity contribution in [3.8, 4) is 0 Å². The standard InChI is InChI=1S/C10H15NO2/c1-8-2-4-9(5-3-8)10(13-11)6-7-12/h2-5,10,12H,6-7,11H2,1H3. The van der Waals surface area contributed by atoms with Crippen molar-refractivity contribution in [2.45, 2.75) is 19.4 Å². The number of hydrogen-bond acceptors (Lipinski definition) is 3. The Labute approximate surface area is 78.1 Å². The van der Waals surface area contributed by atoms with Gasteiger partial charge in [0.25, 0.3) is 0 Å². The van der Waals surface area contributed by atoms with Crippen LogP contribution >= 0.6 is 0 Å². The Kier molecular flexibility index (Phi) is 3.89. The first-order valence-electron chi connectivity index (χ1n) is 4.31. The van der Waals surface area contributed by atoms with Gasteiger partial charge in [0.05, 0.1) is 0 Å². The van der Waals surface area contributed by atoms with Crippen molar-refractivity contribution in [2.24, 2.45) is 5.90 Å². The van der Waals surface area contributed by atoms with Crippen molar-refractivity contribution in [3.63, 3.8) is 0 Å². The fourth-order valence-corrected chi connectivity index (χ4v) is 1.21. The molecule has 0 heterocycles. The molecule has 13 heavy (non-hydrogen) atoms. The van der Waals surface area contributed by atoms with Crippen molar-refractivity contribution in [1.29, 1.82) is 0 Å². The number of aliphatic hydroxyl groups is 1. The van der Waals surface area contributed by atoms with Crippen LogP contribution in [0.4, 0.5) is 0 Å². The van der Waals surface area contributed by atoms with Gasteiger partial charge in [-0.05, 0) is 12.5 Å². The number of rotatable bonds is 4. The van der Waals surface area contributed by atoms with Crippen molar-refractivity contribution >= 4 is 0 Å². The molecule has 3 heteroatoms. The van der Waals surface area contributed by atoms with E-state index in [4.69, 9.17) is 15.8 Å². The summed E-state index contributed by atoms with van der Waals surface area (Å²) in [7, 11) is 0. The predicted molar refractivity (Wildman–Crippen MR) is 50.9 cm³/mol. The Bertz CT molecular complexity index is 246. The smallest absolute Gasteiger partial charge is 0.106 e. The fraction of sp³-hybridized carbons (Fsp3) is 0.400. The SMILES string of the molecule is Cc1ccc(C(CCO)ON)cc1. The van der Waals surface area contributed by atoms with E-state index in [1.54, 1.807) is 0 Å². The van der Waals surface area contributed by atoms with E-state index < -0.39 is 0 Å². The zero-order valence-electron chi connectivity index (χ0n) is 7.73. The van der Waals surface area contributed by atoms with Crippen LogP contribution in [0, 0.1) is 6.92 Å². The van der Waals surface area contributed by atoms with Crippen LogP contribution < -0.4 is 5.90 Å². The lowest BCUT2D eigenvalue weighted by Gasteiger charge is -2.13. The zero-order chi connectivity index (χ0) is 9.68. The molecule has 0 fully saturated rings. The molecular formula is C10H15NO2. The topological polar surface area (TPSA) is 55.5 Å². The molecule has 3 N–H and O–H groups in total. The lowest BCUT2D eigenvalue weighted by molar-refractivity contribution is 0.0342. The van der Waals surface area contributed by atoms with E-state index in [1.165, 1.54) is 5.56 Å². The molecule has 0 aromatic heterocycles. The van der Waals surface area contributed by atoms with Gasteiger partial charge in [-0.25, -0.2) is 5.90 Å². The Balaban J connectivity index is 2.73. The highest BCUT2D eigenvalue weighted by Crippen LogP contribution is 2.19. The third kappa shape index (κ3) is 2.81. The molecule has 0 spiro atoms. The molecule has 0 radical (unpaired) electrons. The van der Waals surface area contributed by atoms with E-state index >= 15 is 0 Å². The number of hydrogen-bond donors (Lipinski definition) is 2. The number of nitrogens with two attached hydrogens (primary N) is 1. The molecule has 1 atom stereocenters. The highest BCUT2D eigenvalue weighted by atomic mass is 16.6. The summed E-state index contributed by atoms with van der Waals surface area (Å²) in [5, 5.41) is 8.75. The molecule has 72 valence electrons. The van der Waals surface area contributed by atoms with Gasteiger partial charge in [-0.1, -0.05) is 29.8 Å². The largest absolute Gasteiger partial charge is 0.396 e. The molecule has 0 aliphatic rings. The minimum Gasteiger partial charge on any atom is -0.396 e. The molecule has 0 aliphatic heterocycles. The van der Waals surface area contributed by atoms with Gasteiger partial charge in [0.1, 0.15) is 6.10 Å². The maximum atomic E-state index is 8.75. The second kappa shape index (κ2) is 4.97. The van der Waals surface area contributed by atoms with Crippen LogP contribution in [0.15, 0.2) is 24.3 Å². The molecular weight excluding hydrogens is 166 g/mol. The maximum absolute atomic E-state index is 8.75. The summed E-state index contributed by atoms with van der Waals surface area (Å²) >= 11 is 0. The van der Waals surface area contributed by atoms with Gasteiger partial charge in [-0.2, -0.15) is 0 Å². The normalized spacial score (nSPS) is 12.8. The molecule has 0 bridgehead atoms. The maximum Gasteiger partial charge on any atom is 0.106 e. The van der Waals surface area contributed by atoms with E-state index in [-0.39, 0.29) is 12.7 Å². The predicted octanol–water partition coefficient (Wildman–Crippen LogP) is 1.31. The van der Waals surface area contributed by atoms with E-state index in [9.17, 15) is 0 Å². The molecule has 3 nitrogen and oxygen atoms in total. The van der Waals surface area contributed by atoms with E-state index in [1.807, 2.05) is 31.2 Å². The molecule has 1 unspecified atom stereocenters. The average molecular weight is 181 g/mol. The monoisotopic (exact) mass is 181 g/mol.